The number of hydrogen-bond acceptors (Lipinski definition) is 4. The monoisotopic (exact) mass is 309 g/mol. The maximum absolute atomic E-state index is 12.9. The third kappa shape index (κ3) is 3.40. The molecule has 21 heavy (non-hydrogen) atoms. The largest absolute Gasteiger partial charge is 0.392 e. The smallest absolute Gasteiger partial charge is 0.235 e. The van der Waals surface area contributed by atoms with Gasteiger partial charge < -0.3 is 10.6 Å². The molecule has 6 nitrogen and oxygen atoms in total. The van der Waals surface area contributed by atoms with Crippen LogP contribution in [-0.4, -0.2) is 38.0 Å². The number of hydrogen-bond donors (Lipinski definition) is 2. The van der Waals surface area contributed by atoms with E-state index >= 15 is 0 Å². The number of aryl methyl sites for hydroxylation is 1. The van der Waals surface area contributed by atoms with Crippen LogP contribution in [0.2, 0.25) is 0 Å². The fraction of sp³-hybridized carbons (Fsp3) is 0.714. The van der Waals surface area contributed by atoms with Crippen LogP contribution in [0.15, 0.2) is 0 Å². The molecule has 2 rings (SSSR count). The van der Waals surface area contributed by atoms with Crippen LogP contribution in [0.4, 0.5) is 0 Å². The molecule has 116 valence electrons. The topological polar surface area (TPSA) is 87.9 Å². The van der Waals surface area contributed by atoms with Crippen molar-refractivity contribution in [3.8, 4) is 0 Å². The number of carbonyl (C=O) groups is 1. The number of aromatic nitrogens is 3. The van der Waals surface area contributed by atoms with Gasteiger partial charge in [-0.15, -0.1) is 0 Å². The summed E-state index contributed by atoms with van der Waals surface area (Å²) in [7, 11) is 1.76. The molecule has 0 spiro atoms. The van der Waals surface area contributed by atoms with Gasteiger partial charge in [0.25, 0.3) is 0 Å². The zero-order valence-corrected chi connectivity index (χ0v) is 13.5. The summed E-state index contributed by atoms with van der Waals surface area (Å²) < 4.78 is 0. The van der Waals surface area contributed by atoms with Gasteiger partial charge in [0, 0.05) is 7.05 Å². The van der Waals surface area contributed by atoms with Gasteiger partial charge in [0.2, 0.25) is 5.91 Å². The van der Waals surface area contributed by atoms with Crippen LogP contribution in [0.25, 0.3) is 0 Å². The van der Waals surface area contributed by atoms with Gasteiger partial charge in [-0.1, -0.05) is 37.9 Å². The number of carbonyl (C=O) groups excluding carboxylic acids is 1. The van der Waals surface area contributed by atoms with Crippen LogP contribution in [0, 0.1) is 12.3 Å². The molecular weight excluding hydrogens is 286 g/mol. The molecule has 1 aliphatic carbocycles. The standard InChI is InChI=1S/C14H23N5OS/c1-10-16-11(18-17-10)9-19(2)13(20)14(12(15)21)7-5-3-4-6-8-14/h3-9H2,1-2H3,(H2,15,21)(H,16,17,18). The Morgan fingerprint density at radius 3 is 2.48 bits per heavy atom. The zero-order valence-electron chi connectivity index (χ0n) is 12.7. The first-order valence-electron chi connectivity index (χ1n) is 7.39. The van der Waals surface area contributed by atoms with E-state index in [9.17, 15) is 4.79 Å². The van der Waals surface area contributed by atoms with Crippen LogP contribution in [0.3, 0.4) is 0 Å². The van der Waals surface area contributed by atoms with E-state index in [4.69, 9.17) is 18.0 Å². The molecule has 1 aromatic heterocycles. The Kier molecular flexibility index (Phi) is 4.92. The van der Waals surface area contributed by atoms with Gasteiger partial charge in [0.15, 0.2) is 5.82 Å². The summed E-state index contributed by atoms with van der Waals surface area (Å²) in [4.78, 5) is 19.1. The van der Waals surface area contributed by atoms with Crippen LogP contribution in [-0.2, 0) is 11.3 Å². The van der Waals surface area contributed by atoms with Crippen molar-refractivity contribution in [3.63, 3.8) is 0 Å². The Bertz CT molecular complexity index is 519. The van der Waals surface area contributed by atoms with Crippen molar-refractivity contribution in [1.29, 1.82) is 0 Å². The summed E-state index contributed by atoms with van der Waals surface area (Å²) in [6.07, 6.45) is 5.77. The SMILES string of the molecule is Cc1nc(CN(C)C(=O)C2(C(N)=S)CCCCCC2)n[nH]1. The van der Waals surface area contributed by atoms with E-state index in [1.807, 2.05) is 6.92 Å². The normalized spacial score (nSPS) is 18.0. The molecular formula is C14H23N5OS. The highest BCUT2D eigenvalue weighted by Crippen LogP contribution is 2.37. The quantitative estimate of drug-likeness (QED) is 0.653. The van der Waals surface area contributed by atoms with E-state index < -0.39 is 5.41 Å². The number of nitrogens with one attached hydrogen (secondary N) is 1. The first-order chi connectivity index (χ1) is 9.95. The fourth-order valence-corrected chi connectivity index (χ4v) is 3.30. The lowest BCUT2D eigenvalue weighted by Crippen LogP contribution is -2.49. The van der Waals surface area contributed by atoms with Crippen molar-refractivity contribution in [2.75, 3.05) is 7.05 Å². The Labute approximate surface area is 130 Å². The molecule has 0 aliphatic heterocycles. The number of aromatic amines is 1. The van der Waals surface area contributed by atoms with E-state index in [1.54, 1.807) is 11.9 Å². The second-order valence-corrected chi connectivity index (χ2v) is 6.30. The Balaban J connectivity index is 2.15. The van der Waals surface area contributed by atoms with Gasteiger partial charge in [-0.3, -0.25) is 9.89 Å². The van der Waals surface area contributed by atoms with Crippen LogP contribution < -0.4 is 5.73 Å². The van der Waals surface area contributed by atoms with Crippen LogP contribution in [0.1, 0.15) is 50.2 Å². The maximum Gasteiger partial charge on any atom is 0.235 e. The molecule has 1 amide bonds. The lowest BCUT2D eigenvalue weighted by molar-refractivity contribution is -0.138. The molecule has 1 saturated carbocycles. The van der Waals surface area contributed by atoms with Gasteiger partial charge in [0.05, 0.1) is 16.9 Å². The minimum absolute atomic E-state index is 0.000599. The minimum Gasteiger partial charge on any atom is -0.392 e. The average molecular weight is 309 g/mol. The highest BCUT2D eigenvalue weighted by Gasteiger charge is 2.43. The molecule has 0 aromatic carbocycles. The number of amides is 1. The molecule has 0 saturated heterocycles. The lowest BCUT2D eigenvalue weighted by atomic mass is 9.79. The Hall–Kier alpha value is -1.50. The first-order valence-corrected chi connectivity index (χ1v) is 7.80. The highest BCUT2D eigenvalue weighted by molar-refractivity contribution is 7.80. The van der Waals surface area contributed by atoms with E-state index in [0.717, 1.165) is 44.3 Å². The van der Waals surface area contributed by atoms with Crippen molar-refractivity contribution >= 4 is 23.1 Å². The summed E-state index contributed by atoms with van der Waals surface area (Å²) in [5.41, 5.74) is 5.27. The predicted octanol–water partition coefficient (Wildman–Crippen LogP) is 1.70. The van der Waals surface area contributed by atoms with Crippen molar-refractivity contribution < 1.29 is 4.79 Å². The summed E-state index contributed by atoms with van der Waals surface area (Å²) in [5.74, 6) is 1.35. The van der Waals surface area contributed by atoms with Gasteiger partial charge in [-0.25, -0.2) is 4.98 Å². The first kappa shape index (κ1) is 15.9. The summed E-state index contributed by atoms with van der Waals surface area (Å²) >= 11 is 5.24. The second-order valence-electron chi connectivity index (χ2n) is 5.86. The van der Waals surface area contributed by atoms with Gasteiger partial charge in [0.1, 0.15) is 5.82 Å². The number of H-pyrrole nitrogens is 1. The summed E-state index contributed by atoms with van der Waals surface area (Å²) in [5, 5.41) is 6.86. The predicted molar refractivity (Wildman–Crippen MR) is 84.5 cm³/mol. The van der Waals surface area contributed by atoms with Crippen molar-refractivity contribution in [2.45, 2.75) is 52.0 Å². The summed E-state index contributed by atoms with van der Waals surface area (Å²) in [6.45, 7) is 2.20. The second kappa shape index (κ2) is 6.51. The Morgan fingerprint density at radius 1 is 1.38 bits per heavy atom. The third-order valence-electron chi connectivity index (χ3n) is 4.21. The molecule has 3 N–H and O–H groups in total. The molecule has 0 radical (unpaired) electrons. The van der Waals surface area contributed by atoms with E-state index in [0.29, 0.717) is 17.4 Å². The Morgan fingerprint density at radius 2 is 2.00 bits per heavy atom. The van der Waals surface area contributed by atoms with Gasteiger partial charge >= 0.3 is 0 Å². The number of thiocarbonyl (C=S) groups is 1. The van der Waals surface area contributed by atoms with Crippen molar-refractivity contribution in [1.82, 2.24) is 20.1 Å². The third-order valence-corrected chi connectivity index (χ3v) is 4.60. The van der Waals surface area contributed by atoms with Gasteiger partial charge in [-0.05, 0) is 19.8 Å². The molecule has 7 heteroatoms. The average Bonchev–Trinajstić information content (AvgIpc) is 2.71. The molecule has 0 atom stereocenters. The fourth-order valence-electron chi connectivity index (χ4n) is 3.01. The molecule has 1 aromatic rings. The van der Waals surface area contributed by atoms with Crippen molar-refractivity contribution in [2.24, 2.45) is 11.1 Å². The van der Waals surface area contributed by atoms with Crippen LogP contribution in [0.5, 0.6) is 0 Å². The molecule has 1 aliphatic rings. The number of nitrogens with two attached hydrogens (primary N) is 1. The van der Waals surface area contributed by atoms with E-state index in [-0.39, 0.29) is 5.91 Å². The molecule has 0 bridgehead atoms. The molecule has 1 heterocycles. The summed E-state index contributed by atoms with van der Waals surface area (Å²) in [6, 6.07) is 0. The number of nitrogens with zero attached hydrogens (tertiary/aromatic N) is 3. The molecule has 0 unspecified atom stereocenters. The maximum atomic E-state index is 12.9. The lowest BCUT2D eigenvalue weighted by Gasteiger charge is -2.34. The van der Waals surface area contributed by atoms with E-state index in [2.05, 4.69) is 15.2 Å². The number of rotatable bonds is 4. The highest BCUT2D eigenvalue weighted by atomic mass is 32.1. The van der Waals surface area contributed by atoms with E-state index in [1.165, 1.54) is 0 Å². The minimum atomic E-state index is -0.689. The van der Waals surface area contributed by atoms with Crippen molar-refractivity contribution in [3.05, 3.63) is 11.6 Å². The van der Waals surface area contributed by atoms with Gasteiger partial charge in [-0.2, -0.15) is 5.10 Å². The van der Waals surface area contributed by atoms with Crippen LogP contribution >= 0.6 is 12.2 Å². The molecule has 1 fully saturated rings. The zero-order chi connectivity index (χ0) is 15.5.